The zero-order valence-electron chi connectivity index (χ0n) is 6.95. The molecule has 0 aliphatic carbocycles. The number of hydrogen-bond donors (Lipinski definition) is 0. The fourth-order valence-electron chi connectivity index (χ4n) is 1.86. The van der Waals surface area contributed by atoms with E-state index in [2.05, 4.69) is 6.92 Å². The molecule has 2 fully saturated rings. The predicted molar refractivity (Wildman–Crippen MR) is 39.4 cm³/mol. The van der Waals surface area contributed by atoms with E-state index in [1.54, 1.807) is 7.11 Å². The van der Waals surface area contributed by atoms with Crippen molar-refractivity contribution in [1.29, 1.82) is 0 Å². The minimum Gasteiger partial charge on any atom is -0.376 e. The highest BCUT2D eigenvalue weighted by Crippen LogP contribution is 2.31. The molecule has 3 heteroatoms. The Morgan fingerprint density at radius 2 is 1.91 bits per heavy atom. The van der Waals surface area contributed by atoms with Gasteiger partial charge in [0.1, 0.15) is 12.2 Å². The fourth-order valence-corrected chi connectivity index (χ4v) is 1.86. The van der Waals surface area contributed by atoms with E-state index in [0.717, 1.165) is 6.61 Å². The lowest BCUT2D eigenvalue weighted by Crippen LogP contribution is -2.29. The molecule has 0 spiro atoms. The first kappa shape index (κ1) is 7.53. The molecule has 2 heterocycles. The molecule has 2 rings (SSSR count). The first-order valence-corrected chi connectivity index (χ1v) is 4.09. The van der Waals surface area contributed by atoms with Crippen LogP contribution in [0.15, 0.2) is 0 Å². The van der Waals surface area contributed by atoms with Crippen molar-refractivity contribution in [2.24, 2.45) is 5.92 Å². The Bertz CT molecular complexity index is 148. The number of ether oxygens (including phenoxy) is 3. The maximum atomic E-state index is 5.54. The molecular formula is C8H14O3. The van der Waals surface area contributed by atoms with E-state index >= 15 is 0 Å². The van der Waals surface area contributed by atoms with Gasteiger partial charge in [0.05, 0.1) is 19.3 Å². The first-order chi connectivity index (χ1) is 5.33. The van der Waals surface area contributed by atoms with E-state index in [-0.39, 0.29) is 18.3 Å². The SMILES string of the molecule is CO[C@@H]1CO[C@H]2[C@@H]1OC[C@@H]2C. The molecule has 11 heavy (non-hydrogen) atoms. The maximum absolute atomic E-state index is 5.54. The molecule has 0 radical (unpaired) electrons. The highest BCUT2D eigenvalue weighted by Gasteiger charge is 2.45. The van der Waals surface area contributed by atoms with Crippen molar-refractivity contribution in [3.8, 4) is 0 Å². The van der Waals surface area contributed by atoms with Crippen LogP contribution in [-0.4, -0.2) is 38.6 Å². The van der Waals surface area contributed by atoms with Crippen LogP contribution in [0, 0.1) is 5.92 Å². The van der Waals surface area contributed by atoms with Crippen LogP contribution in [0.5, 0.6) is 0 Å². The fraction of sp³-hybridized carbons (Fsp3) is 1.00. The van der Waals surface area contributed by atoms with Gasteiger partial charge in [-0.3, -0.25) is 0 Å². The number of fused-ring (bicyclic) bond motifs is 1. The second-order valence-electron chi connectivity index (χ2n) is 3.35. The van der Waals surface area contributed by atoms with E-state index < -0.39 is 0 Å². The summed E-state index contributed by atoms with van der Waals surface area (Å²) in [6.45, 7) is 3.66. The molecule has 2 saturated heterocycles. The predicted octanol–water partition coefficient (Wildman–Crippen LogP) is 0.435. The average Bonchev–Trinajstić information content (AvgIpc) is 2.53. The smallest absolute Gasteiger partial charge is 0.112 e. The molecule has 4 atom stereocenters. The highest BCUT2D eigenvalue weighted by molar-refractivity contribution is 4.92. The van der Waals surface area contributed by atoms with Gasteiger partial charge in [0.15, 0.2) is 0 Å². The van der Waals surface area contributed by atoms with Gasteiger partial charge in [0.2, 0.25) is 0 Å². The second-order valence-corrected chi connectivity index (χ2v) is 3.35. The molecule has 64 valence electrons. The van der Waals surface area contributed by atoms with Crippen LogP contribution < -0.4 is 0 Å². The molecule has 0 unspecified atom stereocenters. The summed E-state index contributed by atoms with van der Waals surface area (Å²) in [7, 11) is 1.71. The quantitative estimate of drug-likeness (QED) is 0.554. The normalized spacial score (nSPS) is 49.6. The summed E-state index contributed by atoms with van der Waals surface area (Å²) in [5.41, 5.74) is 0. The molecule has 2 aliphatic rings. The zero-order chi connectivity index (χ0) is 7.84. The highest BCUT2D eigenvalue weighted by atomic mass is 16.6. The molecule has 0 saturated carbocycles. The van der Waals surface area contributed by atoms with Crippen LogP contribution in [0.3, 0.4) is 0 Å². The lowest BCUT2D eigenvalue weighted by Gasteiger charge is -2.13. The molecule has 0 bridgehead atoms. The topological polar surface area (TPSA) is 27.7 Å². The van der Waals surface area contributed by atoms with Gasteiger partial charge in [-0.05, 0) is 0 Å². The first-order valence-electron chi connectivity index (χ1n) is 4.09. The van der Waals surface area contributed by atoms with Gasteiger partial charge >= 0.3 is 0 Å². The van der Waals surface area contributed by atoms with Gasteiger partial charge in [-0.25, -0.2) is 0 Å². The van der Waals surface area contributed by atoms with Gasteiger partial charge < -0.3 is 14.2 Å². The van der Waals surface area contributed by atoms with Gasteiger partial charge in [-0.15, -0.1) is 0 Å². The van der Waals surface area contributed by atoms with Crippen LogP contribution in [0.25, 0.3) is 0 Å². The van der Waals surface area contributed by atoms with Crippen LogP contribution in [0.2, 0.25) is 0 Å². The summed E-state index contributed by atoms with van der Waals surface area (Å²) in [4.78, 5) is 0. The Kier molecular flexibility index (Phi) is 1.87. The molecular weight excluding hydrogens is 144 g/mol. The minimum absolute atomic E-state index is 0.157. The molecule has 0 aromatic rings. The van der Waals surface area contributed by atoms with E-state index in [1.165, 1.54) is 0 Å². The number of hydrogen-bond acceptors (Lipinski definition) is 3. The van der Waals surface area contributed by atoms with Gasteiger partial charge in [0, 0.05) is 13.0 Å². The lowest BCUT2D eigenvalue weighted by molar-refractivity contribution is -0.00878. The van der Waals surface area contributed by atoms with Crippen LogP contribution in [0.4, 0.5) is 0 Å². The van der Waals surface area contributed by atoms with Crippen molar-refractivity contribution in [3.63, 3.8) is 0 Å². The van der Waals surface area contributed by atoms with Crippen LogP contribution in [0.1, 0.15) is 6.92 Å². The van der Waals surface area contributed by atoms with E-state index in [9.17, 15) is 0 Å². The van der Waals surface area contributed by atoms with E-state index in [1.807, 2.05) is 0 Å². The summed E-state index contributed by atoms with van der Waals surface area (Å²) in [6, 6.07) is 0. The Morgan fingerprint density at radius 1 is 1.18 bits per heavy atom. The van der Waals surface area contributed by atoms with Gasteiger partial charge in [0.25, 0.3) is 0 Å². The molecule has 0 aromatic heterocycles. The van der Waals surface area contributed by atoms with Crippen molar-refractivity contribution in [1.82, 2.24) is 0 Å². The van der Waals surface area contributed by atoms with Gasteiger partial charge in [-0.1, -0.05) is 6.92 Å². The van der Waals surface area contributed by atoms with E-state index in [4.69, 9.17) is 14.2 Å². The molecule has 0 aromatic carbocycles. The zero-order valence-corrected chi connectivity index (χ0v) is 6.95. The van der Waals surface area contributed by atoms with Crippen molar-refractivity contribution in [3.05, 3.63) is 0 Å². The summed E-state index contributed by atoms with van der Waals surface area (Å²) >= 11 is 0. The van der Waals surface area contributed by atoms with Crippen molar-refractivity contribution in [2.75, 3.05) is 20.3 Å². The third kappa shape index (κ3) is 1.08. The molecule has 3 nitrogen and oxygen atoms in total. The summed E-state index contributed by atoms with van der Waals surface area (Å²) < 4.78 is 16.3. The largest absolute Gasteiger partial charge is 0.376 e. The Hall–Kier alpha value is -0.120. The minimum atomic E-state index is 0.157. The standard InChI is InChI=1S/C8H14O3/c1-5-3-10-8-6(9-2)4-11-7(5)8/h5-8H,3-4H2,1-2H3/t5-,6+,7+,8+/m0/s1. The van der Waals surface area contributed by atoms with Crippen molar-refractivity contribution < 1.29 is 14.2 Å². The Labute approximate surface area is 66.6 Å². The number of methoxy groups -OCH3 is 1. The lowest BCUT2D eigenvalue weighted by atomic mass is 10.0. The molecule has 0 amide bonds. The second kappa shape index (κ2) is 2.73. The van der Waals surface area contributed by atoms with Crippen molar-refractivity contribution >= 4 is 0 Å². The number of rotatable bonds is 1. The van der Waals surface area contributed by atoms with E-state index in [0.29, 0.717) is 12.5 Å². The summed E-state index contributed by atoms with van der Waals surface area (Å²) in [5.74, 6) is 0.528. The average molecular weight is 158 g/mol. The summed E-state index contributed by atoms with van der Waals surface area (Å²) in [6.07, 6.45) is 0.625. The third-order valence-corrected chi connectivity index (χ3v) is 2.56. The van der Waals surface area contributed by atoms with Crippen LogP contribution >= 0.6 is 0 Å². The third-order valence-electron chi connectivity index (χ3n) is 2.56. The summed E-state index contributed by atoms with van der Waals surface area (Å²) in [5, 5.41) is 0. The maximum Gasteiger partial charge on any atom is 0.112 e. The van der Waals surface area contributed by atoms with Crippen molar-refractivity contribution in [2.45, 2.75) is 25.2 Å². The monoisotopic (exact) mass is 158 g/mol. The van der Waals surface area contributed by atoms with Crippen LogP contribution in [-0.2, 0) is 14.2 Å². The van der Waals surface area contributed by atoms with Gasteiger partial charge in [-0.2, -0.15) is 0 Å². The Morgan fingerprint density at radius 3 is 2.64 bits per heavy atom. The molecule has 2 aliphatic heterocycles. The molecule has 0 N–H and O–H groups in total. The Balaban J connectivity index is 2.04.